The van der Waals surface area contributed by atoms with Crippen LogP contribution in [-0.4, -0.2) is 6.54 Å². The van der Waals surface area contributed by atoms with Crippen LogP contribution in [0, 0.1) is 0 Å². The van der Waals surface area contributed by atoms with Crippen molar-refractivity contribution in [3.63, 3.8) is 0 Å². The lowest BCUT2D eigenvalue weighted by Gasteiger charge is -2.07. The molecule has 0 aliphatic heterocycles. The van der Waals surface area contributed by atoms with E-state index in [4.69, 9.17) is 9.15 Å². The largest absolute Gasteiger partial charge is 0.467 e. The molecule has 0 radical (unpaired) electrons. The number of ether oxygens (including phenoxy) is 1. The Morgan fingerprint density at radius 1 is 1.11 bits per heavy atom. The second-order valence-electron chi connectivity index (χ2n) is 4.57. The van der Waals surface area contributed by atoms with E-state index in [2.05, 4.69) is 36.5 Å². The lowest BCUT2D eigenvalue weighted by molar-refractivity contribution is 0.0929. The Morgan fingerprint density at radius 3 is 2.79 bits per heavy atom. The monoisotopic (exact) mass is 259 g/mol. The Morgan fingerprint density at radius 2 is 2.00 bits per heavy atom. The Kier molecular flexibility index (Phi) is 5.66. The van der Waals surface area contributed by atoms with Crippen molar-refractivity contribution in [3.8, 4) is 0 Å². The third kappa shape index (κ3) is 4.89. The Hall–Kier alpha value is -1.58. The van der Waals surface area contributed by atoms with E-state index in [1.807, 2.05) is 12.1 Å². The number of nitrogens with one attached hydrogen (secondary N) is 1. The van der Waals surface area contributed by atoms with Crippen molar-refractivity contribution < 1.29 is 9.15 Å². The molecule has 2 aromatic rings. The second kappa shape index (κ2) is 7.77. The van der Waals surface area contributed by atoms with Crippen LogP contribution in [0.3, 0.4) is 0 Å². The molecule has 102 valence electrons. The summed E-state index contributed by atoms with van der Waals surface area (Å²) in [5.41, 5.74) is 2.50. The molecule has 1 aromatic carbocycles. The summed E-state index contributed by atoms with van der Waals surface area (Å²) >= 11 is 0. The van der Waals surface area contributed by atoms with Crippen LogP contribution in [-0.2, 0) is 24.5 Å². The number of hydrogen-bond donors (Lipinski definition) is 1. The summed E-state index contributed by atoms with van der Waals surface area (Å²) in [6.07, 6.45) is 2.82. The van der Waals surface area contributed by atoms with Gasteiger partial charge in [-0.2, -0.15) is 0 Å². The van der Waals surface area contributed by atoms with Crippen molar-refractivity contribution in [3.05, 3.63) is 59.5 Å². The normalized spacial score (nSPS) is 10.8. The van der Waals surface area contributed by atoms with Gasteiger partial charge in [0.05, 0.1) is 12.9 Å². The molecule has 0 spiro atoms. The first kappa shape index (κ1) is 13.8. The molecule has 0 aliphatic rings. The highest BCUT2D eigenvalue weighted by molar-refractivity contribution is 5.22. The quantitative estimate of drug-likeness (QED) is 0.737. The maximum Gasteiger partial charge on any atom is 0.129 e. The van der Waals surface area contributed by atoms with E-state index in [1.165, 1.54) is 11.1 Å². The lowest BCUT2D eigenvalue weighted by atomic mass is 10.1. The number of furan rings is 1. The zero-order valence-electron chi connectivity index (χ0n) is 11.4. The highest BCUT2D eigenvalue weighted by atomic mass is 16.5. The summed E-state index contributed by atoms with van der Waals surface area (Å²) in [6, 6.07) is 12.3. The highest BCUT2D eigenvalue weighted by Crippen LogP contribution is 2.09. The minimum Gasteiger partial charge on any atom is -0.467 e. The molecular formula is C16H21NO2. The molecule has 0 bridgehead atoms. The van der Waals surface area contributed by atoms with Gasteiger partial charge in [-0.3, -0.25) is 0 Å². The van der Waals surface area contributed by atoms with Gasteiger partial charge in [-0.15, -0.1) is 0 Å². The van der Waals surface area contributed by atoms with Crippen molar-refractivity contribution >= 4 is 0 Å². The van der Waals surface area contributed by atoms with Crippen molar-refractivity contribution in [1.82, 2.24) is 5.32 Å². The second-order valence-corrected chi connectivity index (χ2v) is 4.57. The average molecular weight is 259 g/mol. The molecular weight excluding hydrogens is 238 g/mol. The lowest BCUT2D eigenvalue weighted by Crippen LogP contribution is -2.13. The molecule has 2 rings (SSSR count). The van der Waals surface area contributed by atoms with Gasteiger partial charge in [0.1, 0.15) is 12.4 Å². The van der Waals surface area contributed by atoms with Crippen LogP contribution in [0.5, 0.6) is 0 Å². The molecule has 19 heavy (non-hydrogen) atoms. The van der Waals surface area contributed by atoms with E-state index in [-0.39, 0.29) is 0 Å². The number of benzene rings is 1. The first-order chi connectivity index (χ1) is 9.38. The van der Waals surface area contributed by atoms with E-state index in [0.717, 1.165) is 25.3 Å². The molecule has 1 aromatic heterocycles. The minimum absolute atomic E-state index is 0.519. The predicted octanol–water partition coefficient (Wildman–Crippen LogP) is 3.50. The number of rotatable bonds is 8. The maximum absolute atomic E-state index is 5.63. The molecule has 0 saturated heterocycles. The SMILES string of the molecule is CCCNCc1cccc(COCc2ccco2)c1. The fourth-order valence-corrected chi connectivity index (χ4v) is 1.90. The summed E-state index contributed by atoms with van der Waals surface area (Å²) in [5, 5.41) is 3.40. The van der Waals surface area contributed by atoms with Gasteiger partial charge in [-0.1, -0.05) is 31.2 Å². The van der Waals surface area contributed by atoms with Gasteiger partial charge in [0.25, 0.3) is 0 Å². The molecule has 0 unspecified atom stereocenters. The molecule has 0 saturated carbocycles. The highest BCUT2D eigenvalue weighted by Gasteiger charge is 1.99. The molecule has 0 amide bonds. The minimum atomic E-state index is 0.519. The maximum atomic E-state index is 5.63. The van der Waals surface area contributed by atoms with Gasteiger partial charge in [0.15, 0.2) is 0 Å². The first-order valence-electron chi connectivity index (χ1n) is 6.77. The topological polar surface area (TPSA) is 34.4 Å². The average Bonchev–Trinajstić information content (AvgIpc) is 2.93. The van der Waals surface area contributed by atoms with Crippen molar-refractivity contribution in [1.29, 1.82) is 0 Å². The van der Waals surface area contributed by atoms with E-state index >= 15 is 0 Å². The fraction of sp³-hybridized carbons (Fsp3) is 0.375. The van der Waals surface area contributed by atoms with Crippen LogP contribution in [0.4, 0.5) is 0 Å². The van der Waals surface area contributed by atoms with Gasteiger partial charge >= 0.3 is 0 Å². The van der Waals surface area contributed by atoms with Crippen molar-refractivity contribution in [2.75, 3.05) is 6.54 Å². The van der Waals surface area contributed by atoms with Gasteiger partial charge in [-0.25, -0.2) is 0 Å². The zero-order valence-corrected chi connectivity index (χ0v) is 11.4. The van der Waals surface area contributed by atoms with Crippen LogP contribution in [0.25, 0.3) is 0 Å². The van der Waals surface area contributed by atoms with Gasteiger partial charge in [0, 0.05) is 6.54 Å². The molecule has 1 heterocycles. The molecule has 0 aliphatic carbocycles. The standard InChI is InChI=1S/C16H21NO2/c1-2-8-17-11-14-5-3-6-15(10-14)12-18-13-16-7-4-9-19-16/h3-7,9-10,17H,2,8,11-13H2,1H3. The fourth-order valence-electron chi connectivity index (χ4n) is 1.90. The molecule has 0 fully saturated rings. The number of hydrogen-bond acceptors (Lipinski definition) is 3. The zero-order chi connectivity index (χ0) is 13.3. The first-order valence-corrected chi connectivity index (χ1v) is 6.77. The molecule has 0 atom stereocenters. The third-order valence-electron chi connectivity index (χ3n) is 2.84. The Balaban J connectivity index is 1.78. The Labute approximate surface area is 114 Å². The van der Waals surface area contributed by atoms with Gasteiger partial charge < -0.3 is 14.5 Å². The van der Waals surface area contributed by atoms with E-state index in [9.17, 15) is 0 Å². The van der Waals surface area contributed by atoms with Crippen molar-refractivity contribution in [2.24, 2.45) is 0 Å². The van der Waals surface area contributed by atoms with Gasteiger partial charge in [-0.05, 0) is 36.2 Å². The van der Waals surface area contributed by atoms with Crippen LogP contribution < -0.4 is 5.32 Å². The smallest absolute Gasteiger partial charge is 0.129 e. The van der Waals surface area contributed by atoms with Crippen LogP contribution >= 0.6 is 0 Å². The van der Waals surface area contributed by atoms with E-state index in [0.29, 0.717) is 13.2 Å². The Bertz CT molecular complexity index is 465. The van der Waals surface area contributed by atoms with Crippen LogP contribution in [0.15, 0.2) is 47.1 Å². The molecule has 1 N–H and O–H groups in total. The molecule has 3 nitrogen and oxygen atoms in total. The van der Waals surface area contributed by atoms with Crippen LogP contribution in [0.1, 0.15) is 30.2 Å². The van der Waals surface area contributed by atoms with Crippen LogP contribution in [0.2, 0.25) is 0 Å². The summed E-state index contributed by atoms with van der Waals surface area (Å²) in [4.78, 5) is 0. The summed E-state index contributed by atoms with van der Waals surface area (Å²) < 4.78 is 10.9. The summed E-state index contributed by atoms with van der Waals surface area (Å²) in [5.74, 6) is 0.862. The summed E-state index contributed by atoms with van der Waals surface area (Å²) in [6.45, 7) is 5.28. The van der Waals surface area contributed by atoms with Crippen molar-refractivity contribution in [2.45, 2.75) is 33.1 Å². The summed E-state index contributed by atoms with van der Waals surface area (Å²) in [7, 11) is 0. The third-order valence-corrected chi connectivity index (χ3v) is 2.84. The van der Waals surface area contributed by atoms with Gasteiger partial charge in [0.2, 0.25) is 0 Å². The molecule has 3 heteroatoms. The van der Waals surface area contributed by atoms with E-state index < -0.39 is 0 Å². The van der Waals surface area contributed by atoms with E-state index in [1.54, 1.807) is 6.26 Å². The predicted molar refractivity (Wildman–Crippen MR) is 75.6 cm³/mol.